The van der Waals surface area contributed by atoms with Gasteiger partial charge in [0.25, 0.3) is 10.2 Å². The molecule has 2 atom stereocenters. The van der Waals surface area contributed by atoms with Crippen LogP contribution in [0.15, 0.2) is 0 Å². The Balaban J connectivity index is 1.75. The van der Waals surface area contributed by atoms with Crippen molar-refractivity contribution in [2.24, 2.45) is 11.8 Å². The molecule has 1 saturated carbocycles. The molecule has 2 N–H and O–H groups in total. The fourth-order valence-corrected chi connectivity index (χ4v) is 4.91. The van der Waals surface area contributed by atoms with E-state index in [0.717, 1.165) is 51.6 Å². The van der Waals surface area contributed by atoms with Crippen LogP contribution in [0.2, 0.25) is 0 Å². The van der Waals surface area contributed by atoms with Crippen molar-refractivity contribution in [2.75, 3.05) is 26.2 Å². The average molecular weight is 317 g/mol. The first-order valence-electron chi connectivity index (χ1n) is 8.49. The van der Waals surface area contributed by atoms with Gasteiger partial charge in [-0.1, -0.05) is 13.8 Å². The van der Waals surface area contributed by atoms with Crippen LogP contribution in [0.4, 0.5) is 0 Å². The summed E-state index contributed by atoms with van der Waals surface area (Å²) in [5.41, 5.74) is 0. The summed E-state index contributed by atoms with van der Waals surface area (Å²) in [5, 5.41) is 3.44. The van der Waals surface area contributed by atoms with Gasteiger partial charge in [0.05, 0.1) is 0 Å². The molecule has 6 heteroatoms. The maximum atomic E-state index is 12.4. The van der Waals surface area contributed by atoms with Crippen LogP contribution in [-0.4, -0.2) is 44.9 Å². The zero-order valence-corrected chi connectivity index (χ0v) is 14.3. The van der Waals surface area contributed by atoms with E-state index in [2.05, 4.69) is 23.9 Å². The lowest BCUT2D eigenvalue weighted by molar-refractivity contribution is 0.264. The molecule has 5 nitrogen and oxygen atoms in total. The highest BCUT2D eigenvalue weighted by atomic mass is 32.2. The first-order valence-corrected chi connectivity index (χ1v) is 9.93. The lowest BCUT2D eigenvalue weighted by Gasteiger charge is -2.32. The average Bonchev–Trinajstić information content (AvgIpc) is 2.84. The maximum absolute atomic E-state index is 12.4. The van der Waals surface area contributed by atoms with Crippen LogP contribution in [0.3, 0.4) is 0 Å². The smallest absolute Gasteiger partial charge is 0.279 e. The summed E-state index contributed by atoms with van der Waals surface area (Å²) >= 11 is 0. The highest BCUT2D eigenvalue weighted by molar-refractivity contribution is 7.87. The van der Waals surface area contributed by atoms with Crippen molar-refractivity contribution < 1.29 is 8.42 Å². The highest BCUT2D eigenvalue weighted by Gasteiger charge is 2.31. The minimum atomic E-state index is -3.28. The van der Waals surface area contributed by atoms with Gasteiger partial charge in [-0.05, 0) is 63.5 Å². The third kappa shape index (κ3) is 5.20. The summed E-state index contributed by atoms with van der Waals surface area (Å²) in [4.78, 5) is 0. The van der Waals surface area contributed by atoms with E-state index in [1.165, 1.54) is 0 Å². The van der Waals surface area contributed by atoms with E-state index in [1.807, 2.05) is 0 Å². The fourth-order valence-electron chi connectivity index (χ4n) is 3.44. The third-order valence-corrected chi connectivity index (χ3v) is 6.46. The minimum absolute atomic E-state index is 0.147. The third-order valence-electron chi connectivity index (χ3n) is 4.78. The standard InChI is InChI=1S/C15H31N3O2S/c1-3-8-16-12-14-6-9-18(10-7-14)21(19,20)17-15-5-4-13(2)11-15/h13-17H,3-12H2,1-2H3. The minimum Gasteiger partial charge on any atom is -0.316 e. The Kier molecular flexibility index (Phi) is 6.47. The molecule has 0 radical (unpaired) electrons. The van der Waals surface area contributed by atoms with E-state index in [-0.39, 0.29) is 6.04 Å². The summed E-state index contributed by atoms with van der Waals surface area (Å²) < 4.78 is 29.4. The zero-order chi connectivity index (χ0) is 15.3. The molecule has 2 fully saturated rings. The molecular weight excluding hydrogens is 286 g/mol. The van der Waals surface area contributed by atoms with Gasteiger partial charge >= 0.3 is 0 Å². The van der Waals surface area contributed by atoms with Gasteiger partial charge in [0.15, 0.2) is 0 Å². The van der Waals surface area contributed by atoms with Crippen molar-refractivity contribution in [3.63, 3.8) is 0 Å². The van der Waals surface area contributed by atoms with Gasteiger partial charge < -0.3 is 5.32 Å². The summed E-state index contributed by atoms with van der Waals surface area (Å²) in [7, 11) is -3.28. The van der Waals surface area contributed by atoms with Crippen LogP contribution in [0.1, 0.15) is 52.4 Å². The van der Waals surface area contributed by atoms with Gasteiger partial charge in [-0.25, -0.2) is 0 Å². The largest absolute Gasteiger partial charge is 0.316 e. The molecule has 21 heavy (non-hydrogen) atoms. The van der Waals surface area contributed by atoms with Crippen LogP contribution in [-0.2, 0) is 10.2 Å². The molecule has 1 saturated heterocycles. The van der Waals surface area contributed by atoms with Crippen molar-refractivity contribution in [3.8, 4) is 0 Å². The second kappa shape index (κ2) is 7.90. The van der Waals surface area contributed by atoms with E-state index in [1.54, 1.807) is 4.31 Å². The zero-order valence-electron chi connectivity index (χ0n) is 13.5. The molecule has 2 unspecified atom stereocenters. The summed E-state index contributed by atoms with van der Waals surface area (Å²) in [6.45, 7) is 7.77. The van der Waals surface area contributed by atoms with Gasteiger partial charge in [0.1, 0.15) is 0 Å². The first-order chi connectivity index (χ1) is 10.0. The molecule has 0 spiro atoms. The van der Waals surface area contributed by atoms with Gasteiger partial charge in [-0.2, -0.15) is 17.4 Å². The Bertz CT molecular complexity index is 405. The number of piperidine rings is 1. The normalized spacial score (nSPS) is 29.0. The number of nitrogens with zero attached hydrogens (tertiary/aromatic N) is 1. The SMILES string of the molecule is CCCNCC1CCN(S(=O)(=O)NC2CCC(C)C2)CC1. The van der Waals surface area contributed by atoms with E-state index < -0.39 is 10.2 Å². The number of nitrogens with one attached hydrogen (secondary N) is 2. The van der Waals surface area contributed by atoms with Gasteiger partial charge in [-0.15, -0.1) is 0 Å². The lowest BCUT2D eigenvalue weighted by Crippen LogP contribution is -2.48. The highest BCUT2D eigenvalue weighted by Crippen LogP contribution is 2.26. The van der Waals surface area contributed by atoms with Gasteiger partial charge in [0, 0.05) is 19.1 Å². The molecule has 0 amide bonds. The first kappa shape index (κ1) is 17.2. The Hall–Kier alpha value is -0.170. The van der Waals surface area contributed by atoms with Crippen LogP contribution in [0, 0.1) is 11.8 Å². The molecule has 1 heterocycles. The van der Waals surface area contributed by atoms with Gasteiger partial charge in [-0.3, -0.25) is 0 Å². The molecule has 0 aromatic rings. The molecule has 2 aliphatic rings. The van der Waals surface area contributed by atoms with Crippen molar-refractivity contribution >= 4 is 10.2 Å². The van der Waals surface area contributed by atoms with E-state index in [4.69, 9.17) is 0 Å². The molecule has 1 aliphatic heterocycles. The molecule has 0 aromatic heterocycles. The van der Waals surface area contributed by atoms with Crippen LogP contribution >= 0.6 is 0 Å². The van der Waals surface area contributed by atoms with E-state index in [0.29, 0.717) is 24.9 Å². The van der Waals surface area contributed by atoms with E-state index >= 15 is 0 Å². The van der Waals surface area contributed by atoms with Crippen LogP contribution < -0.4 is 10.0 Å². The van der Waals surface area contributed by atoms with Crippen molar-refractivity contribution in [1.29, 1.82) is 0 Å². The maximum Gasteiger partial charge on any atom is 0.279 e. The molecule has 0 aromatic carbocycles. The second-order valence-corrected chi connectivity index (χ2v) is 8.49. The Morgan fingerprint density at radius 3 is 2.43 bits per heavy atom. The predicted octanol–water partition coefficient (Wildman–Crippen LogP) is 1.72. The number of hydrogen-bond acceptors (Lipinski definition) is 3. The molecular formula is C15H31N3O2S. The predicted molar refractivity (Wildman–Crippen MR) is 86.3 cm³/mol. The van der Waals surface area contributed by atoms with E-state index in [9.17, 15) is 8.42 Å². The molecule has 0 bridgehead atoms. The molecule has 2 rings (SSSR count). The Morgan fingerprint density at radius 2 is 1.86 bits per heavy atom. The number of rotatable bonds is 7. The monoisotopic (exact) mass is 317 g/mol. The van der Waals surface area contributed by atoms with Crippen LogP contribution in [0.5, 0.6) is 0 Å². The van der Waals surface area contributed by atoms with Gasteiger partial charge in [0.2, 0.25) is 0 Å². The lowest BCUT2D eigenvalue weighted by atomic mass is 9.98. The van der Waals surface area contributed by atoms with Crippen molar-refractivity contribution in [3.05, 3.63) is 0 Å². The van der Waals surface area contributed by atoms with Crippen LogP contribution in [0.25, 0.3) is 0 Å². The quantitative estimate of drug-likeness (QED) is 0.703. The molecule has 124 valence electrons. The number of hydrogen-bond donors (Lipinski definition) is 2. The Morgan fingerprint density at radius 1 is 1.14 bits per heavy atom. The summed E-state index contributed by atoms with van der Waals surface area (Å²) in [6.07, 6.45) is 6.20. The molecule has 1 aliphatic carbocycles. The summed E-state index contributed by atoms with van der Waals surface area (Å²) in [5.74, 6) is 1.27. The Labute approximate surface area is 130 Å². The topological polar surface area (TPSA) is 61.4 Å². The second-order valence-electron chi connectivity index (χ2n) is 6.78. The van der Waals surface area contributed by atoms with Crippen molar-refractivity contribution in [1.82, 2.24) is 14.3 Å². The fraction of sp³-hybridized carbons (Fsp3) is 1.00. The van der Waals surface area contributed by atoms with Crippen molar-refractivity contribution in [2.45, 2.75) is 58.4 Å². The summed E-state index contributed by atoms with van der Waals surface area (Å²) in [6, 6.07) is 0.147.